The summed E-state index contributed by atoms with van der Waals surface area (Å²) in [5.74, 6) is -0.00722. The number of aromatic amines is 1. The summed E-state index contributed by atoms with van der Waals surface area (Å²) in [6, 6.07) is 9.80. The Morgan fingerprint density at radius 3 is 2.79 bits per heavy atom. The van der Waals surface area contributed by atoms with E-state index < -0.39 is 5.97 Å². The SMILES string of the molecule is CCOC(=O)c1n[nH]c(COCc2ccccc2)n1. The average molecular weight is 261 g/mol. The van der Waals surface area contributed by atoms with Gasteiger partial charge in [-0.15, -0.1) is 5.10 Å². The van der Waals surface area contributed by atoms with Gasteiger partial charge in [0.1, 0.15) is 6.61 Å². The van der Waals surface area contributed by atoms with Crippen molar-refractivity contribution in [2.45, 2.75) is 20.1 Å². The molecule has 0 aliphatic carbocycles. The molecule has 2 aromatic rings. The zero-order valence-corrected chi connectivity index (χ0v) is 10.6. The van der Waals surface area contributed by atoms with Gasteiger partial charge in [0.05, 0.1) is 13.2 Å². The summed E-state index contributed by atoms with van der Waals surface area (Å²) >= 11 is 0. The Kier molecular flexibility index (Phi) is 4.63. The van der Waals surface area contributed by atoms with Gasteiger partial charge in [-0.2, -0.15) is 0 Å². The van der Waals surface area contributed by atoms with E-state index in [1.807, 2.05) is 30.3 Å². The number of hydrogen-bond acceptors (Lipinski definition) is 5. The minimum absolute atomic E-state index is 0.0279. The zero-order chi connectivity index (χ0) is 13.5. The van der Waals surface area contributed by atoms with Gasteiger partial charge in [-0.1, -0.05) is 30.3 Å². The smallest absolute Gasteiger partial charge is 0.378 e. The molecule has 6 nitrogen and oxygen atoms in total. The monoisotopic (exact) mass is 261 g/mol. The minimum atomic E-state index is -0.534. The number of nitrogens with zero attached hydrogens (tertiary/aromatic N) is 2. The van der Waals surface area contributed by atoms with Gasteiger partial charge in [-0.05, 0) is 12.5 Å². The Bertz CT molecular complexity index is 525. The lowest BCUT2D eigenvalue weighted by Gasteiger charge is -2.01. The van der Waals surface area contributed by atoms with Crippen LogP contribution in [-0.4, -0.2) is 27.8 Å². The van der Waals surface area contributed by atoms with E-state index in [4.69, 9.17) is 9.47 Å². The third-order valence-corrected chi connectivity index (χ3v) is 2.34. The maximum Gasteiger partial charge on any atom is 0.378 e. The highest BCUT2D eigenvalue weighted by Gasteiger charge is 2.13. The van der Waals surface area contributed by atoms with Crippen LogP contribution in [0.1, 0.15) is 28.9 Å². The van der Waals surface area contributed by atoms with E-state index in [1.54, 1.807) is 6.92 Å². The van der Waals surface area contributed by atoms with Crippen LogP contribution in [0.4, 0.5) is 0 Å². The second kappa shape index (κ2) is 6.65. The van der Waals surface area contributed by atoms with E-state index in [1.165, 1.54) is 0 Å². The fourth-order valence-electron chi connectivity index (χ4n) is 1.49. The van der Waals surface area contributed by atoms with Gasteiger partial charge in [-0.3, -0.25) is 5.10 Å². The molecule has 0 spiro atoms. The maximum atomic E-state index is 11.3. The molecular formula is C13H15N3O3. The number of rotatable bonds is 6. The van der Waals surface area contributed by atoms with Crippen molar-refractivity contribution in [3.8, 4) is 0 Å². The molecule has 100 valence electrons. The standard InChI is InChI=1S/C13H15N3O3/c1-2-19-13(17)12-14-11(15-16-12)9-18-8-10-6-4-3-5-7-10/h3-7H,2,8-9H2,1H3,(H,14,15,16). The van der Waals surface area contributed by atoms with E-state index >= 15 is 0 Å². The third kappa shape index (κ3) is 3.89. The molecule has 0 aliphatic rings. The Hall–Kier alpha value is -2.21. The molecule has 0 saturated carbocycles. The molecule has 1 N–H and O–H groups in total. The number of benzene rings is 1. The number of carbonyl (C=O) groups is 1. The fourth-order valence-corrected chi connectivity index (χ4v) is 1.49. The van der Waals surface area contributed by atoms with Crippen LogP contribution in [0.25, 0.3) is 0 Å². The lowest BCUT2D eigenvalue weighted by Crippen LogP contribution is -2.06. The Labute approximate surface area is 110 Å². The highest BCUT2D eigenvalue weighted by Crippen LogP contribution is 2.03. The Balaban J connectivity index is 1.82. The first-order valence-electron chi connectivity index (χ1n) is 5.99. The number of hydrogen-bond donors (Lipinski definition) is 1. The molecular weight excluding hydrogens is 246 g/mol. The second-order valence-corrected chi connectivity index (χ2v) is 3.80. The summed E-state index contributed by atoms with van der Waals surface area (Å²) in [5, 5.41) is 6.41. The predicted octanol–water partition coefficient (Wildman–Crippen LogP) is 1.70. The van der Waals surface area contributed by atoms with Crippen LogP contribution >= 0.6 is 0 Å². The summed E-state index contributed by atoms with van der Waals surface area (Å²) in [5.41, 5.74) is 1.08. The normalized spacial score (nSPS) is 10.4. The fraction of sp³-hybridized carbons (Fsp3) is 0.308. The molecule has 0 radical (unpaired) electrons. The van der Waals surface area contributed by atoms with E-state index in [0.717, 1.165) is 5.56 Å². The molecule has 1 aromatic heterocycles. The molecule has 6 heteroatoms. The van der Waals surface area contributed by atoms with Gasteiger partial charge < -0.3 is 9.47 Å². The van der Waals surface area contributed by atoms with Crippen molar-refractivity contribution in [1.82, 2.24) is 15.2 Å². The number of esters is 1. The quantitative estimate of drug-likeness (QED) is 0.801. The highest BCUT2D eigenvalue weighted by molar-refractivity contribution is 5.84. The molecule has 0 atom stereocenters. The summed E-state index contributed by atoms with van der Waals surface area (Å²) in [4.78, 5) is 15.3. The van der Waals surface area contributed by atoms with Gasteiger partial charge in [0.15, 0.2) is 5.82 Å². The first kappa shape index (κ1) is 13.2. The van der Waals surface area contributed by atoms with Crippen LogP contribution in [0.2, 0.25) is 0 Å². The van der Waals surface area contributed by atoms with Crippen LogP contribution in [0.5, 0.6) is 0 Å². The minimum Gasteiger partial charge on any atom is -0.460 e. The molecule has 2 rings (SSSR count). The van der Waals surface area contributed by atoms with Crippen molar-refractivity contribution in [3.05, 3.63) is 47.5 Å². The number of H-pyrrole nitrogens is 1. The van der Waals surface area contributed by atoms with Crippen LogP contribution in [0.15, 0.2) is 30.3 Å². The van der Waals surface area contributed by atoms with Gasteiger partial charge >= 0.3 is 5.97 Å². The van der Waals surface area contributed by atoms with Crippen molar-refractivity contribution in [2.24, 2.45) is 0 Å². The number of nitrogens with one attached hydrogen (secondary N) is 1. The number of ether oxygens (including phenoxy) is 2. The van der Waals surface area contributed by atoms with Crippen molar-refractivity contribution in [2.75, 3.05) is 6.61 Å². The van der Waals surface area contributed by atoms with Crippen molar-refractivity contribution >= 4 is 5.97 Å². The molecule has 19 heavy (non-hydrogen) atoms. The predicted molar refractivity (Wildman–Crippen MR) is 67.3 cm³/mol. The largest absolute Gasteiger partial charge is 0.460 e. The van der Waals surface area contributed by atoms with Crippen LogP contribution in [-0.2, 0) is 22.7 Å². The Morgan fingerprint density at radius 2 is 2.05 bits per heavy atom. The molecule has 1 aromatic carbocycles. The van der Waals surface area contributed by atoms with Gasteiger partial charge in [0.2, 0.25) is 0 Å². The van der Waals surface area contributed by atoms with Gasteiger partial charge in [0.25, 0.3) is 5.82 Å². The third-order valence-electron chi connectivity index (χ3n) is 2.34. The summed E-state index contributed by atoms with van der Waals surface area (Å²) in [6.45, 7) is 2.78. The van der Waals surface area contributed by atoms with Crippen molar-refractivity contribution < 1.29 is 14.3 Å². The average Bonchev–Trinajstić information content (AvgIpc) is 2.89. The van der Waals surface area contributed by atoms with E-state index in [2.05, 4.69) is 15.2 Å². The molecule has 0 aliphatic heterocycles. The first-order valence-corrected chi connectivity index (χ1v) is 5.99. The molecule has 0 amide bonds. The topological polar surface area (TPSA) is 77.1 Å². The van der Waals surface area contributed by atoms with Crippen LogP contribution in [0, 0.1) is 0 Å². The maximum absolute atomic E-state index is 11.3. The lowest BCUT2D eigenvalue weighted by atomic mass is 10.2. The van der Waals surface area contributed by atoms with Crippen molar-refractivity contribution in [1.29, 1.82) is 0 Å². The van der Waals surface area contributed by atoms with Gasteiger partial charge in [-0.25, -0.2) is 9.78 Å². The van der Waals surface area contributed by atoms with Crippen LogP contribution in [0.3, 0.4) is 0 Å². The molecule has 0 unspecified atom stereocenters. The first-order chi connectivity index (χ1) is 9.29. The van der Waals surface area contributed by atoms with E-state index in [0.29, 0.717) is 19.0 Å². The number of carbonyl (C=O) groups excluding carboxylic acids is 1. The second-order valence-electron chi connectivity index (χ2n) is 3.80. The molecule has 0 bridgehead atoms. The molecule has 0 fully saturated rings. The Morgan fingerprint density at radius 1 is 1.26 bits per heavy atom. The summed E-state index contributed by atoms with van der Waals surface area (Å²) in [7, 11) is 0. The summed E-state index contributed by atoms with van der Waals surface area (Å²) in [6.07, 6.45) is 0. The summed E-state index contributed by atoms with van der Waals surface area (Å²) < 4.78 is 10.3. The van der Waals surface area contributed by atoms with Gasteiger partial charge in [0, 0.05) is 0 Å². The van der Waals surface area contributed by atoms with Crippen LogP contribution < -0.4 is 0 Å². The zero-order valence-electron chi connectivity index (χ0n) is 10.6. The molecule has 1 heterocycles. The highest BCUT2D eigenvalue weighted by atomic mass is 16.5. The van der Waals surface area contributed by atoms with E-state index in [-0.39, 0.29) is 12.4 Å². The lowest BCUT2D eigenvalue weighted by molar-refractivity contribution is 0.0512. The van der Waals surface area contributed by atoms with E-state index in [9.17, 15) is 4.79 Å². The van der Waals surface area contributed by atoms with Crippen molar-refractivity contribution in [3.63, 3.8) is 0 Å². The number of aromatic nitrogens is 3. The molecule has 0 saturated heterocycles.